The molecule has 3 aliphatic heterocycles. The predicted octanol–water partition coefficient (Wildman–Crippen LogP) is 1.13. The lowest BCUT2D eigenvalue weighted by Gasteiger charge is -2.45. The van der Waals surface area contributed by atoms with E-state index in [1.54, 1.807) is 6.20 Å². The van der Waals surface area contributed by atoms with E-state index in [1.807, 2.05) is 16.9 Å². The van der Waals surface area contributed by atoms with E-state index >= 15 is 0 Å². The number of carbonyl (C=O) groups excluding carboxylic acids is 1. The molecule has 7 nitrogen and oxygen atoms in total. The lowest BCUT2D eigenvalue weighted by molar-refractivity contribution is -0.145. The second-order valence-electron chi connectivity index (χ2n) is 7.40. The lowest BCUT2D eigenvalue weighted by atomic mass is 9.86. The number of carbonyl (C=O) groups is 1. The van der Waals surface area contributed by atoms with Crippen molar-refractivity contribution in [3.63, 3.8) is 0 Å². The number of hydrogen-bond donors (Lipinski definition) is 1. The third kappa shape index (κ3) is 4.59. The van der Waals surface area contributed by atoms with Crippen LogP contribution in [0.25, 0.3) is 0 Å². The molecule has 9 heteroatoms. The van der Waals surface area contributed by atoms with Crippen molar-refractivity contribution >= 4 is 30.7 Å². The molecule has 1 aromatic heterocycles. The molecule has 1 amide bonds. The molecule has 0 atom stereocenters. The maximum Gasteiger partial charge on any atom is 0.250 e. The van der Waals surface area contributed by atoms with Crippen LogP contribution in [0.2, 0.25) is 0 Å². The first kappa shape index (κ1) is 22.4. The fraction of sp³-hybridized carbons (Fsp3) is 0.778. The number of rotatable bonds is 3. The van der Waals surface area contributed by atoms with E-state index in [9.17, 15) is 4.79 Å². The largest absolute Gasteiger partial charge is 0.381 e. The van der Waals surface area contributed by atoms with Gasteiger partial charge in [-0.05, 0) is 44.8 Å². The van der Waals surface area contributed by atoms with Gasteiger partial charge in [0.05, 0.1) is 0 Å². The van der Waals surface area contributed by atoms with Gasteiger partial charge in [-0.2, -0.15) is 5.10 Å². The molecule has 3 fully saturated rings. The molecule has 154 valence electrons. The van der Waals surface area contributed by atoms with Crippen molar-refractivity contribution < 1.29 is 9.53 Å². The van der Waals surface area contributed by atoms with E-state index in [0.717, 1.165) is 78.2 Å². The second kappa shape index (κ2) is 10.1. The minimum Gasteiger partial charge on any atom is -0.381 e. The summed E-state index contributed by atoms with van der Waals surface area (Å²) in [4.78, 5) is 18.1. The molecule has 4 heterocycles. The van der Waals surface area contributed by atoms with Crippen LogP contribution in [0.1, 0.15) is 25.7 Å². The second-order valence-corrected chi connectivity index (χ2v) is 7.40. The first-order chi connectivity index (χ1) is 12.3. The normalized spacial score (nSPS) is 23.9. The number of nitrogens with zero attached hydrogens (tertiary/aromatic N) is 4. The first-order valence-electron chi connectivity index (χ1n) is 9.62. The summed E-state index contributed by atoms with van der Waals surface area (Å²) in [6, 6.07) is 2.55. The zero-order chi connectivity index (χ0) is 17.1. The van der Waals surface area contributed by atoms with E-state index in [4.69, 9.17) is 4.74 Å². The van der Waals surface area contributed by atoms with Crippen molar-refractivity contribution in [1.82, 2.24) is 24.9 Å². The molecular formula is C18H31Cl2N5O2. The van der Waals surface area contributed by atoms with Crippen LogP contribution in [0, 0.1) is 0 Å². The molecule has 0 bridgehead atoms. The number of piperidine rings is 1. The summed E-state index contributed by atoms with van der Waals surface area (Å²) in [5.74, 6) is 0.254. The summed E-state index contributed by atoms with van der Waals surface area (Å²) in [5, 5.41) is 7.81. The highest BCUT2D eigenvalue weighted by Gasteiger charge is 2.45. The molecule has 0 radical (unpaired) electrons. The van der Waals surface area contributed by atoms with Gasteiger partial charge in [0.25, 0.3) is 5.91 Å². The van der Waals surface area contributed by atoms with Gasteiger partial charge < -0.3 is 15.0 Å². The van der Waals surface area contributed by atoms with Crippen molar-refractivity contribution in [2.45, 2.75) is 37.3 Å². The Bertz CT molecular complexity index is 566. The summed E-state index contributed by atoms with van der Waals surface area (Å²) in [6.45, 7) is 7.09. The van der Waals surface area contributed by atoms with Crippen molar-refractivity contribution in [2.24, 2.45) is 0 Å². The first-order valence-corrected chi connectivity index (χ1v) is 9.62. The SMILES string of the molecule is Cl.Cl.O=C(N1CCN(C2CCOCC2)CC1)C1(n2cccn2)CCNCC1. The Morgan fingerprint density at radius 2 is 1.74 bits per heavy atom. The molecule has 3 aliphatic rings. The van der Waals surface area contributed by atoms with Crippen LogP contribution in [0.15, 0.2) is 18.5 Å². The number of hydrogen-bond acceptors (Lipinski definition) is 5. The van der Waals surface area contributed by atoms with E-state index in [0.29, 0.717) is 6.04 Å². The maximum atomic E-state index is 13.5. The molecule has 0 aromatic carbocycles. The third-order valence-corrected chi connectivity index (χ3v) is 6.08. The maximum absolute atomic E-state index is 13.5. The average Bonchev–Trinajstić information content (AvgIpc) is 3.24. The van der Waals surface area contributed by atoms with E-state index in [1.165, 1.54) is 0 Å². The molecule has 0 spiro atoms. The van der Waals surface area contributed by atoms with Crippen molar-refractivity contribution in [1.29, 1.82) is 0 Å². The fourth-order valence-electron chi connectivity index (χ4n) is 4.54. The van der Waals surface area contributed by atoms with Crippen LogP contribution in [-0.2, 0) is 15.1 Å². The van der Waals surface area contributed by atoms with Gasteiger partial charge in [-0.1, -0.05) is 0 Å². The third-order valence-electron chi connectivity index (χ3n) is 6.08. The summed E-state index contributed by atoms with van der Waals surface area (Å²) < 4.78 is 7.38. The molecule has 0 unspecified atom stereocenters. The van der Waals surface area contributed by atoms with E-state index in [2.05, 4.69) is 20.2 Å². The number of ether oxygens (including phenoxy) is 1. The molecule has 3 saturated heterocycles. The summed E-state index contributed by atoms with van der Waals surface area (Å²) in [5.41, 5.74) is -0.504. The number of nitrogens with one attached hydrogen (secondary N) is 1. The van der Waals surface area contributed by atoms with Gasteiger partial charge in [-0.15, -0.1) is 24.8 Å². The van der Waals surface area contributed by atoms with Gasteiger partial charge in [0.15, 0.2) is 0 Å². The van der Waals surface area contributed by atoms with Gasteiger partial charge in [0.1, 0.15) is 5.54 Å². The molecule has 1 aromatic rings. The van der Waals surface area contributed by atoms with Gasteiger partial charge in [0, 0.05) is 57.8 Å². The topological polar surface area (TPSA) is 62.6 Å². The number of halogens is 2. The van der Waals surface area contributed by atoms with Crippen LogP contribution >= 0.6 is 24.8 Å². The Balaban J connectivity index is 0.00000131. The highest BCUT2D eigenvalue weighted by molar-refractivity contribution is 5.86. The van der Waals surface area contributed by atoms with Gasteiger partial charge in [-0.25, -0.2) is 0 Å². The van der Waals surface area contributed by atoms with Gasteiger partial charge in [0.2, 0.25) is 0 Å². The highest BCUT2D eigenvalue weighted by Crippen LogP contribution is 2.30. The Labute approximate surface area is 173 Å². The number of amides is 1. The van der Waals surface area contributed by atoms with Gasteiger partial charge in [-0.3, -0.25) is 14.4 Å². The quantitative estimate of drug-likeness (QED) is 0.795. The highest BCUT2D eigenvalue weighted by atomic mass is 35.5. The van der Waals surface area contributed by atoms with Crippen LogP contribution in [-0.4, -0.2) is 84.0 Å². The van der Waals surface area contributed by atoms with Crippen LogP contribution in [0.4, 0.5) is 0 Å². The van der Waals surface area contributed by atoms with E-state index < -0.39 is 5.54 Å². The molecule has 4 rings (SSSR count). The summed E-state index contributed by atoms with van der Waals surface area (Å²) in [6.07, 6.45) is 7.59. The summed E-state index contributed by atoms with van der Waals surface area (Å²) in [7, 11) is 0. The predicted molar refractivity (Wildman–Crippen MR) is 109 cm³/mol. The average molecular weight is 420 g/mol. The van der Waals surface area contributed by atoms with Crippen LogP contribution in [0.5, 0.6) is 0 Å². The number of piperazine rings is 1. The zero-order valence-corrected chi connectivity index (χ0v) is 17.3. The van der Waals surface area contributed by atoms with Crippen molar-refractivity contribution in [3.8, 4) is 0 Å². The van der Waals surface area contributed by atoms with Gasteiger partial charge >= 0.3 is 0 Å². The lowest BCUT2D eigenvalue weighted by Crippen LogP contribution is -2.60. The Morgan fingerprint density at radius 3 is 2.33 bits per heavy atom. The number of aromatic nitrogens is 2. The minimum absolute atomic E-state index is 0. The fourth-order valence-corrected chi connectivity index (χ4v) is 4.54. The zero-order valence-electron chi connectivity index (χ0n) is 15.7. The molecule has 0 aliphatic carbocycles. The summed E-state index contributed by atoms with van der Waals surface area (Å²) >= 11 is 0. The van der Waals surface area contributed by atoms with Crippen LogP contribution in [0.3, 0.4) is 0 Å². The Morgan fingerprint density at radius 1 is 1.07 bits per heavy atom. The minimum atomic E-state index is -0.504. The standard InChI is InChI=1S/C18H29N5O2.2ClH/c24-17(18(4-7-19-8-5-18)23-9-1-6-20-23)22-12-10-21(11-13-22)16-2-14-25-15-3-16;;/h1,6,9,16,19H,2-5,7-8,10-15H2;2*1H. The smallest absolute Gasteiger partial charge is 0.250 e. The van der Waals surface area contributed by atoms with E-state index in [-0.39, 0.29) is 30.7 Å². The molecular weight excluding hydrogens is 389 g/mol. The van der Waals surface area contributed by atoms with Crippen molar-refractivity contribution in [3.05, 3.63) is 18.5 Å². The molecule has 1 N–H and O–H groups in total. The Hall–Kier alpha value is -0.860. The molecule has 27 heavy (non-hydrogen) atoms. The van der Waals surface area contributed by atoms with Crippen LogP contribution < -0.4 is 5.32 Å². The molecule has 0 saturated carbocycles. The monoisotopic (exact) mass is 419 g/mol. The Kier molecular flexibility index (Phi) is 8.37. The van der Waals surface area contributed by atoms with Crippen molar-refractivity contribution in [2.75, 3.05) is 52.5 Å².